The lowest BCUT2D eigenvalue weighted by Crippen LogP contribution is -2.40. The molecule has 2 N–H and O–H groups in total. The largest absolute Gasteiger partial charge is 0.308 e. The Balaban J connectivity index is 3.06. The summed E-state index contributed by atoms with van der Waals surface area (Å²) in [6.07, 6.45) is 0. The minimum atomic E-state index is -3.66. The predicted octanol–water partition coefficient (Wildman–Crippen LogP) is 2.79. The summed E-state index contributed by atoms with van der Waals surface area (Å²) in [6.45, 7) is 11.4. The molecule has 0 aliphatic heterocycles. The summed E-state index contributed by atoms with van der Waals surface area (Å²) in [6, 6.07) is 3.85. The molecule has 0 unspecified atom stereocenters. The van der Waals surface area contributed by atoms with Gasteiger partial charge < -0.3 is 5.32 Å². The minimum absolute atomic E-state index is 0.0736. The van der Waals surface area contributed by atoms with Crippen molar-refractivity contribution in [2.24, 2.45) is 0 Å². The van der Waals surface area contributed by atoms with E-state index < -0.39 is 21.4 Å². The van der Waals surface area contributed by atoms with E-state index >= 15 is 0 Å². The number of hydrogen-bond donors (Lipinski definition) is 2. The Bertz CT molecular complexity index is 599. The molecule has 0 radical (unpaired) electrons. The number of hydrogen-bond acceptors (Lipinski definition) is 3. The lowest BCUT2D eigenvalue weighted by molar-refractivity contribution is 0.418. The first-order chi connectivity index (χ1) is 9.30. The van der Waals surface area contributed by atoms with Crippen LogP contribution in [0.25, 0.3) is 0 Å². The summed E-state index contributed by atoms with van der Waals surface area (Å²) in [4.78, 5) is 0.0736. The third-order valence-corrected chi connectivity index (χ3v) is 4.33. The van der Waals surface area contributed by atoms with Crippen LogP contribution in [0.4, 0.5) is 4.39 Å². The first-order valence-corrected chi connectivity index (χ1v) is 8.36. The van der Waals surface area contributed by atoms with Crippen LogP contribution in [0.5, 0.6) is 0 Å². The average Bonchev–Trinajstić information content (AvgIpc) is 2.23. The normalized spacial score (nSPS) is 13.5. The van der Waals surface area contributed by atoms with E-state index in [9.17, 15) is 12.8 Å². The fourth-order valence-corrected chi connectivity index (χ4v) is 3.14. The number of rotatable bonds is 4. The maximum atomic E-state index is 13.8. The Labute approximate surface area is 127 Å². The van der Waals surface area contributed by atoms with Gasteiger partial charge in [-0.3, -0.25) is 0 Å². The molecule has 0 saturated heterocycles. The molecule has 0 fully saturated rings. The van der Waals surface area contributed by atoms with E-state index in [1.165, 1.54) is 18.2 Å². The third kappa shape index (κ3) is 6.11. The van der Waals surface area contributed by atoms with Crippen LogP contribution in [0.3, 0.4) is 0 Å². The van der Waals surface area contributed by atoms with Gasteiger partial charge in [0.1, 0.15) is 5.82 Å². The summed E-state index contributed by atoms with van der Waals surface area (Å²) in [5.74, 6) is -0.415. The molecule has 6 heteroatoms. The van der Waals surface area contributed by atoms with Gasteiger partial charge in [0, 0.05) is 23.2 Å². The van der Waals surface area contributed by atoms with Crippen molar-refractivity contribution < 1.29 is 12.8 Å². The Morgan fingerprint density at radius 1 is 1.05 bits per heavy atom. The summed E-state index contributed by atoms with van der Waals surface area (Å²) in [5, 5.41) is 3.15. The molecule has 0 aliphatic carbocycles. The lowest BCUT2D eigenvalue weighted by atomic mass is 10.1. The maximum Gasteiger partial charge on any atom is 0.241 e. The summed E-state index contributed by atoms with van der Waals surface area (Å²) in [5.41, 5.74) is -0.427. The molecule has 0 amide bonds. The summed E-state index contributed by atoms with van der Waals surface area (Å²) >= 11 is 0. The Hall–Kier alpha value is -0.980. The van der Waals surface area contributed by atoms with Gasteiger partial charge >= 0.3 is 0 Å². The van der Waals surface area contributed by atoms with E-state index in [-0.39, 0.29) is 17.0 Å². The maximum absolute atomic E-state index is 13.8. The first kappa shape index (κ1) is 18.1. The molecule has 0 atom stereocenters. The van der Waals surface area contributed by atoms with Crippen LogP contribution in [0, 0.1) is 5.82 Å². The molecule has 0 bridgehead atoms. The van der Waals surface area contributed by atoms with E-state index in [0.29, 0.717) is 5.56 Å². The number of benzene rings is 1. The highest BCUT2D eigenvalue weighted by molar-refractivity contribution is 7.89. The van der Waals surface area contributed by atoms with Crippen LogP contribution >= 0.6 is 0 Å². The highest BCUT2D eigenvalue weighted by Crippen LogP contribution is 2.18. The molecule has 0 aliphatic rings. The van der Waals surface area contributed by atoms with Gasteiger partial charge in [0.25, 0.3) is 0 Å². The molecule has 1 aromatic carbocycles. The van der Waals surface area contributed by atoms with Crippen molar-refractivity contribution in [2.45, 2.75) is 64.1 Å². The monoisotopic (exact) mass is 316 g/mol. The van der Waals surface area contributed by atoms with Crippen LogP contribution < -0.4 is 10.0 Å². The minimum Gasteiger partial charge on any atom is -0.308 e. The van der Waals surface area contributed by atoms with Crippen molar-refractivity contribution >= 4 is 10.0 Å². The number of halogens is 1. The van der Waals surface area contributed by atoms with Crippen LogP contribution in [-0.4, -0.2) is 19.5 Å². The van der Waals surface area contributed by atoms with Gasteiger partial charge in [-0.1, -0.05) is 0 Å². The zero-order chi connectivity index (χ0) is 16.5. The topological polar surface area (TPSA) is 58.2 Å². The molecule has 0 heterocycles. The summed E-state index contributed by atoms with van der Waals surface area (Å²) in [7, 11) is -3.66. The van der Waals surface area contributed by atoms with Crippen molar-refractivity contribution in [3.8, 4) is 0 Å². The second-order valence-corrected chi connectivity index (χ2v) is 8.89. The van der Waals surface area contributed by atoms with E-state index in [1.807, 2.05) is 20.8 Å². The molecule has 120 valence electrons. The highest BCUT2D eigenvalue weighted by atomic mass is 32.2. The van der Waals surface area contributed by atoms with E-state index in [1.54, 1.807) is 20.8 Å². The van der Waals surface area contributed by atoms with Crippen molar-refractivity contribution in [3.63, 3.8) is 0 Å². The molecule has 4 nitrogen and oxygen atoms in total. The van der Waals surface area contributed by atoms with E-state index in [2.05, 4.69) is 10.0 Å². The molecular weight excluding hydrogens is 291 g/mol. The average molecular weight is 316 g/mol. The lowest BCUT2D eigenvalue weighted by Gasteiger charge is -2.22. The van der Waals surface area contributed by atoms with Gasteiger partial charge in [0.15, 0.2) is 0 Å². The van der Waals surface area contributed by atoms with Gasteiger partial charge in [0.2, 0.25) is 10.0 Å². The Morgan fingerprint density at radius 3 is 2.10 bits per heavy atom. The van der Waals surface area contributed by atoms with Crippen molar-refractivity contribution in [1.82, 2.24) is 10.0 Å². The van der Waals surface area contributed by atoms with E-state index in [4.69, 9.17) is 0 Å². The summed E-state index contributed by atoms with van der Waals surface area (Å²) < 4.78 is 40.9. The fraction of sp³-hybridized carbons (Fsp3) is 0.600. The van der Waals surface area contributed by atoms with Gasteiger partial charge in [0.05, 0.1) is 4.90 Å². The Morgan fingerprint density at radius 2 is 1.62 bits per heavy atom. The third-order valence-electron chi connectivity index (χ3n) is 2.58. The fourth-order valence-electron chi connectivity index (χ4n) is 1.68. The smallest absolute Gasteiger partial charge is 0.241 e. The number of sulfonamides is 1. The zero-order valence-corrected chi connectivity index (χ0v) is 14.4. The van der Waals surface area contributed by atoms with Crippen molar-refractivity contribution in [1.29, 1.82) is 0 Å². The van der Waals surface area contributed by atoms with E-state index in [0.717, 1.165) is 0 Å². The second-order valence-electron chi connectivity index (χ2n) is 7.21. The van der Waals surface area contributed by atoms with Crippen LogP contribution in [0.15, 0.2) is 23.1 Å². The molecule has 0 aromatic heterocycles. The SMILES string of the molecule is CC(C)(C)NCc1cc(S(=O)(=O)NC(C)(C)C)ccc1F. The second kappa shape index (κ2) is 6.02. The van der Waals surface area contributed by atoms with Crippen LogP contribution in [0.1, 0.15) is 47.1 Å². The van der Waals surface area contributed by atoms with Gasteiger partial charge in [-0.05, 0) is 59.7 Å². The standard InChI is InChI=1S/C15H25FN2O2S/c1-14(2,3)17-10-11-9-12(7-8-13(11)16)21(19,20)18-15(4,5)6/h7-9,17-18H,10H2,1-6H3. The molecule has 21 heavy (non-hydrogen) atoms. The Kier molecular flexibility index (Phi) is 5.18. The highest BCUT2D eigenvalue weighted by Gasteiger charge is 2.23. The van der Waals surface area contributed by atoms with Crippen molar-refractivity contribution in [2.75, 3.05) is 0 Å². The van der Waals surface area contributed by atoms with Crippen molar-refractivity contribution in [3.05, 3.63) is 29.6 Å². The van der Waals surface area contributed by atoms with Gasteiger partial charge in [-0.15, -0.1) is 0 Å². The molecule has 0 saturated carbocycles. The van der Waals surface area contributed by atoms with Crippen LogP contribution in [0.2, 0.25) is 0 Å². The zero-order valence-electron chi connectivity index (χ0n) is 13.5. The molecule has 1 rings (SSSR count). The predicted molar refractivity (Wildman–Crippen MR) is 83.1 cm³/mol. The first-order valence-electron chi connectivity index (χ1n) is 6.88. The number of nitrogens with one attached hydrogen (secondary N) is 2. The van der Waals surface area contributed by atoms with Crippen LogP contribution in [-0.2, 0) is 16.6 Å². The van der Waals surface area contributed by atoms with Gasteiger partial charge in [-0.2, -0.15) is 0 Å². The molecular formula is C15H25FN2O2S. The molecule has 0 spiro atoms. The quantitative estimate of drug-likeness (QED) is 0.898. The molecule has 1 aromatic rings. The van der Waals surface area contributed by atoms with Gasteiger partial charge in [-0.25, -0.2) is 17.5 Å².